The van der Waals surface area contributed by atoms with Gasteiger partial charge in [-0.25, -0.2) is 0 Å². The van der Waals surface area contributed by atoms with Gasteiger partial charge in [-0.15, -0.1) is 0 Å². The molecule has 1 heterocycles. The molecule has 0 unspecified atom stereocenters. The summed E-state index contributed by atoms with van der Waals surface area (Å²) in [6.07, 6.45) is 0. The smallest absolute Gasteiger partial charge is 0.269 e. The van der Waals surface area contributed by atoms with Gasteiger partial charge in [-0.05, 0) is 54.5 Å². The highest BCUT2D eigenvalue weighted by Gasteiger charge is 2.07. The van der Waals surface area contributed by atoms with Crippen LogP contribution in [0.2, 0.25) is 0 Å². The minimum absolute atomic E-state index is 0.257. The van der Waals surface area contributed by atoms with Crippen molar-refractivity contribution in [2.75, 3.05) is 0 Å². The van der Waals surface area contributed by atoms with Crippen molar-refractivity contribution in [3.8, 4) is 5.75 Å². The van der Waals surface area contributed by atoms with Crippen LogP contribution < -0.4 is 0 Å². The van der Waals surface area contributed by atoms with E-state index in [1.54, 1.807) is 12.1 Å². The van der Waals surface area contributed by atoms with Gasteiger partial charge in [0.1, 0.15) is 5.75 Å². The van der Waals surface area contributed by atoms with Crippen molar-refractivity contribution >= 4 is 23.3 Å². The van der Waals surface area contributed by atoms with Gasteiger partial charge in [-0.1, -0.05) is 18.2 Å². The second kappa shape index (κ2) is 4.55. The summed E-state index contributed by atoms with van der Waals surface area (Å²) in [6.45, 7) is 2.61. The van der Waals surface area contributed by atoms with E-state index in [9.17, 15) is 5.11 Å². The maximum absolute atomic E-state index is 9.50. The monoisotopic (exact) mass is 271 g/mol. The molecule has 0 aliphatic heterocycles. The largest absolute Gasteiger partial charge is 0.508 e. The fraction of sp³-hybridized carbons (Fsp3) is 0.133. The Kier molecular flexibility index (Phi) is 2.87. The van der Waals surface area contributed by atoms with Crippen molar-refractivity contribution in [2.45, 2.75) is 13.5 Å². The standard InChI is InChI=1S/C15H13NO2S/c1-10-5-6-13-14(7-10)18-15(19)16(13)9-11-3-2-4-12(17)8-11/h2-8,17H,9H2,1H3. The van der Waals surface area contributed by atoms with Gasteiger partial charge in [0.05, 0.1) is 12.1 Å². The second-order valence-electron chi connectivity index (χ2n) is 4.60. The molecule has 96 valence electrons. The van der Waals surface area contributed by atoms with Gasteiger partial charge in [0.15, 0.2) is 5.58 Å². The number of nitrogens with zero attached hydrogens (tertiary/aromatic N) is 1. The van der Waals surface area contributed by atoms with Crippen LogP contribution in [0.3, 0.4) is 0 Å². The van der Waals surface area contributed by atoms with Crippen molar-refractivity contribution in [1.82, 2.24) is 4.57 Å². The Morgan fingerprint density at radius 1 is 1.21 bits per heavy atom. The van der Waals surface area contributed by atoms with Gasteiger partial charge < -0.3 is 9.52 Å². The van der Waals surface area contributed by atoms with Crippen LogP contribution in [0, 0.1) is 11.8 Å². The van der Waals surface area contributed by atoms with Crippen molar-refractivity contribution in [1.29, 1.82) is 0 Å². The molecule has 0 atom stereocenters. The Morgan fingerprint density at radius 2 is 2.05 bits per heavy atom. The van der Waals surface area contributed by atoms with Crippen LogP contribution in [0.1, 0.15) is 11.1 Å². The van der Waals surface area contributed by atoms with Crippen LogP contribution in [-0.4, -0.2) is 9.67 Å². The molecule has 3 nitrogen and oxygen atoms in total. The van der Waals surface area contributed by atoms with Gasteiger partial charge >= 0.3 is 0 Å². The molecule has 3 aromatic rings. The van der Waals surface area contributed by atoms with E-state index in [1.165, 1.54) is 0 Å². The Bertz CT molecular complexity index is 801. The zero-order valence-electron chi connectivity index (χ0n) is 10.5. The zero-order valence-corrected chi connectivity index (χ0v) is 11.3. The number of phenolic OH excluding ortho intramolecular Hbond substituents is 1. The Balaban J connectivity index is 2.10. The number of rotatable bonds is 2. The molecule has 19 heavy (non-hydrogen) atoms. The van der Waals surface area contributed by atoms with Gasteiger partial charge in [0.25, 0.3) is 4.84 Å². The minimum Gasteiger partial charge on any atom is -0.508 e. The summed E-state index contributed by atoms with van der Waals surface area (Å²) in [5.74, 6) is 0.257. The van der Waals surface area contributed by atoms with Crippen LogP contribution in [-0.2, 0) is 6.54 Å². The lowest BCUT2D eigenvalue weighted by atomic mass is 10.2. The van der Waals surface area contributed by atoms with Crippen molar-refractivity contribution in [2.24, 2.45) is 0 Å². The van der Waals surface area contributed by atoms with Crippen molar-refractivity contribution < 1.29 is 9.52 Å². The van der Waals surface area contributed by atoms with E-state index in [4.69, 9.17) is 16.6 Å². The number of hydrogen-bond donors (Lipinski definition) is 1. The van der Waals surface area contributed by atoms with E-state index in [2.05, 4.69) is 0 Å². The van der Waals surface area contributed by atoms with Gasteiger partial charge in [0.2, 0.25) is 0 Å². The lowest BCUT2D eigenvalue weighted by molar-refractivity contribution is 0.474. The molecule has 4 heteroatoms. The third-order valence-electron chi connectivity index (χ3n) is 3.08. The first-order chi connectivity index (χ1) is 9.13. The van der Waals surface area contributed by atoms with Crippen molar-refractivity contribution in [3.63, 3.8) is 0 Å². The predicted molar refractivity (Wildman–Crippen MR) is 77.0 cm³/mol. The molecule has 0 aliphatic rings. The number of oxazole rings is 1. The SMILES string of the molecule is Cc1ccc2c(c1)oc(=S)n2Cc1cccc(O)c1. The summed E-state index contributed by atoms with van der Waals surface area (Å²) in [5.41, 5.74) is 3.89. The van der Waals surface area contributed by atoms with Crippen LogP contribution in [0.4, 0.5) is 0 Å². The van der Waals surface area contributed by atoms with E-state index in [1.807, 2.05) is 41.8 Å². The van der Waals surface area contributed by atoms with E-state index in [0.717, 1.165) is 22.2 Å². The summed E-state index contributed by atoms with van der Waals surface area (Å²) < 4.78 is 7.53. The highest BCUT2D eigenvalue weighted by atomic mass is 32.1. The molecule has 1 aromatic heterocycles. The molecule has 3 rings (SSSR count). The third kappa shape index (κ3) is 2.27. The fourth-order valence-corrected chi connectivity index (χ4v) is 2.41. The van der Waals surface area contributed by atoms with E-state index in [-0.39, 0.29) is 5.75 Å². The lowest BCUT2D eigenvalue weighted by Crippen LogP contribution is -1.99. The van der Waals surface area contributed by atoms with E-state index in [0.29, 0.717) is 11.4 Å². The second-order valence-corrected chi connectivity index (χ2v) is 4.94. The molecular weight excluding hydrogens is 258 g/mol. The quantitative estimate of drug-likeness (QED) is 0.715. The number of aromatic hydroxyl groups is 1. The minimum atomic E-state index is 0.257. The van der Waals surface area contributed by atoms with Gasteiger partial charge in [-0.2, -0.15) is 0 Å². The first-order valence-corrected chi connectivity index (χ1v) is 6.42. The van der Waals surface area contributed by atoms with Gasteiger partial charge in [-0.3, -0.25) is 4.57 Å². The van der Waals surface area contributed by atoms with E-state index >= 15 is 0 Å². The highest BCUT2D eigenvalue weighted by molar-refractivity contribution is 7.71. The lowest BCUT2D eigenvalue weighted by Gasteiger charge is -2.04. The Hall–Kier alpha value is -2.07. The Labute approximate surface area is 115 Å². The molecule has 0 radical (unpaired) electrons. The topological polar surface area (TPSA) is 38.3 Å². The summed E-state index contributed by atoms with van der Waals surface area (Å²) in [5, 5.41) is 9.50. The van der Waals surface area contributed by atoms with Crippen molar-refractivity contribution in [3.05, 3.63) is 58.4 Å². The summed E-state index contributed by atoms with van der Waals surface area (Å²) in [4.78, 5) is 0.448. The molecule has 2 aromatic carbocycles. The fourth-order valence-electron chi connectivity index (χ4n) is 2.16. The summed E-state index contributed by atoms with van der Waals surface area (Å²) >= 11 is 5.26. The molecule has 1 N–H and O–H groups in total. The zero-order chi connectivity index (χ0) is 13.4. The maximum atomic E-state index is 9.50. The molecule has 0 amide bonds. The number of phenols is 1. The molecule has 0 aliphatic carbocycles. The molecule has 0 saturated carbocycles. The van der Waals surface area contributed by atoms with Crippen LogP contribution >= 0.6 is 12.2 Å². The summed E-state index contributed by atoms with van der Waals surface area (Å²) in [7, 11) is 0. The predicted octanol–water partition coefficient (Wildman–Crippen LogP) is 4.03. The maximum Gasteiger partial charge on any atom is 0.269 e. The summed E-state index contributed by atoms with van der Waals surface area (Å²) in [6, 6.07) is 13.2. The number of benzene rings is 2. The molecule has 0 spiro atoms. The van der Waals surface area contributed by atoms with Crippen LogP contribution in [0.15, 0.2) is 46.9 Å². The number of aryl methyl sites for hydroxylation is 1. The molecule has 0 bridgehead atoms. The molecule has 0 fully saturated rings. The first-order valence-electron chi connectivity index (χ1n) is 6.01. The number of aromatic nitrogens is 1. The van der Waals surface area contributed by atoms with Crippen LogP contribution in [0.25, 0.3) is 11.1 Å². The van der Waals surface area contributed by atoms with Gasteiger partial charge in [0, 0.05) is 0 Å². The number of fused-ring (bicyclic) bond motifs is 1. The normalized spacial score (nSPS) is 11.0. The molecule has 0 saturated heterocycles. The average molecular weight is 271 g/mol. The highest BCUT2D eigenvalue weighted by Crippen LogP contribution is 2.21. The molecular formula is C15H13NO2S. The Morgan fingerprint density at radius 3 is 2.84 bits per heavy atom. The van der Waals surface area contributed by atoms with E-state index < -0.39 is 0 Å². The van der Waals surface area contributed by atoms with Crippen LogP contribution in [0.5, 0.6) is 5.75 Å². The number of hydrogen-bond acceptors (Lipinski definition) is 3. The third-order valence-corrected chi connectivity index (χ3v) is 3.38. The first kappa shape index (κ1) is 12.0. The average Bonchev–Trinajstić information content (AvgIpc) is 2.65.